The lowest BCUT2D eigenvalue weighted by molar-refractivity contribution is 0.0690. The van der Waals surface area contributed by atoms with Gasteiger partial charge in [0.2, 0.25) is 0 Å². The normalized spacial score (nSPS) is 17.0. The number of carbonyl (C=O) groups is 1. The standard InChI is InChI=1S/C17H20BrN3O3/c1-2-15(12-3-5-13(18)6-4-12)20-7-9-21(10-8-20)17-19-14(11-24-17)16(22)23/h3-6,11,15H,2,7-10H2,1H3,(H,22,23). The summed E-state index contributed by atoms with van der Waals surface area (Å²) in [7, 11) is 0. The maximum atomic E-state index is 10.9. The Hall–Kier alpha value is -1.86. The predicted molar refractivity (Wildman–Crippen MR) is 94.4 cm³/mol. The van der Waals surface area contributed by atoms with E-state index in [1.165, 1.54) is 11.8 Å². The number of benzene rings is 1. The average molecular weight is 394 g/mol. The molecule has 1 aliphatic heterocycles. The fraction of sp³-hybridized carbons (Fsp3) is 0.412. The summed E-state index contributed by atoms with van der Waals surface area (Å²) < 4.78 is 6.38. The van der Waals surface area contributed by atoms with Crippen LogP contribution < -0.4 is 4.90 Å². The summed E-state index contributed by atoms with van der Waals surface area (Å²) in [4.78, 5) is 19.4. The lowest BCUT2D eigenvalue weighted by Gasteiger charge is -2.38. The van der Waals surface area contributed by atoms with E-state index in [-0.39, 0.29) is 5.69 Å². The number of carboxylic acid groups (broad SMARTS) is 1. The molecule has 0 amide bonds. The molecule has 2 aromatic rings. The zero-order valence-corrected chi connectivity index (χ0v) is 15.1. The lowest BCUT2D eigenvalue weighted by atomic mass is 10.0. The van der Waals surface area contributed by atoms with Crippen LogP contribution >= 0.6 is 15.9 Å². The van der Waals surface area contributed by atoms with Crippen LogP contribution in [-0.2, 0) is 0 Å². The van der Waals surface area contributed by atoms with E-state index in [1.54, 1.807) is 0 Å². The third-order valence-corrected chi connectivity index (χ3v) is 4.91. The topological polar surface area (TPSA) is 69.8 Å². The van der Waals surface area contributed by atoms with Gasteiger partial charge in [-0.2, -0.15) is 4.98 Å². The van der Waals surface area contributed by atoms with Crippen LogP contribution in [0.25, 0.3) is 0 Å². The van der Waals surface area contributed by atoms with Crippen LogP contribution in [0.1, 0.15) is 35.4 Å². The first-order valence-electron chi connectivity index (χ1n) is 8.01. The van der Waals surface area contributed by atoms with Crippen LogP contribution in [0, 0.1) is 0 Å². The summed E-state index contributed by atoms with van der Waals surface area (Å²) in [5.41, 5.74) is 1.27. The molecule has 1 saturated heterocycles. The van der Waals surface area contributed by atoms with Gasteiger partial charge in [-0.05, 0) is 24.1 Å². The van der Waals surface area contributed by atoms with Gasteiger partial charge in [-0.1, -0.05) is 35.0 Å². The summed E-state index contributed by atoms with van der Waals surface area (Å²) >= 11 is 3.48. The Morgan fingerprint density at radius 2 is 1.96 bits per heavy atom. The van der Waals surface area contributed by atoms with Gasteiger partial charge in [0.15, 0.2) is 5.69 Å². The molecule has 3 rings (SSSR count). The fourth-order valence-electron chi connectivity index (χ4n) is 3.12. The van der Waals surface area contributed by atoms with Crippen molar-refractivity contribution in [2.75, 3.05) is 31.1 Å². The molecule has 1 aromatic heterocycles. The van der Waals surface area contributed by atoms with Crippen LogP contribution in [0.4, 0.5) is 6.01 Å². The Morgan fingerprint density at radius 1 is 1.29 bits per heavy atom. The average Bonchev–Trinajstić information content (AvgIpc) is 3.08. The second kappa shape index (κ2) is 7.36. The van der Waals surface area contributed by atoms with Gasteiger partial charge in [-0.15, -0.1) is 0 Å². The summed E-state index contributed by atoms with van der Waals surface area (Å²) in [5.74, 6) is -1.06. The minimum absolute atomic E-state index is 0.0475. The quantitative estimate of drug-likeness (QED) is 0.838. The number of aromatic carboxylic acids is 1. The molecule has 7 heteroatoms. The van der Waals surface area contributed by atoms with Crippen molar-refractivity contribution < 1.29 is 14.3 Å². The van der Waals surface area contributed by atoms with Gasteiger partial charge in [-0.3, -0.25) is 4.90 Å². The third-order valence-electron chi connectivity index (χ3n) is 4.38. The van der Waals surface area contributed by atoms with Gasteiger partial charge in [-0.25, -0.2) is 4.79 Å². The zero-order valence-electron chi connectivity index (χ0n) is 13.5. The number of piperazine rings is 1. The van der Waals surface area contributed by atoms with Crippen molar-refractivity contribution in [3.8, 4) is 0 Å². The van der Waals surface area contributed by atoms with Crippen molar-refractivity contribution in [3.05, 3.63) is 46.3 Å². The number of carboxylic acids is 1. The van der Waals surface area contributed by atoms with Gasteiger partial charge in [0.05, 0.1) is 0 Å². The van der Waals surface area contributed by atoms with Crippen LogP contribution in [0.3, 0.4) is 0 Å². The Kier molecular flexibility index (Phi) is 5.20. The van der Waals surface area contributed by atoms with Crippen LogP contribution in [0.5, 0.6) is 0 Å². The molecule has 0 radical (unpaired) electrons. The molecule has 128 valence electrons. The van der Waals surface area contributed by atoms with Gasteiger partial charge >= 0.3 is 5.97 Å². The molecule has 1 N–H and O–H groups in total. The first kappa shape index (κ1) is 17.0. The van der Waals surface area contributed by atoms with E-state index in [1.807, 2.05) is 4.90 Å². The van der Waals surface area contributed by atoms with Gasteiger partial charge < -0.3 is 14.4 Å². The highest BCUT2D eigenvalue weighted by molar-refractivity contribution is 9.10. The number of rotatable bonds is 5. The molecule has 1 aliphatic rings. The highest BCUT2D eigenvalue weighted by atomic mass is 79.9. The molecular weight excluding hydrogens is 374 g/mol. The second-order valence-electron chi connectivity index (χ2n) is 5.82. The smallest absolute Gasteiger partial charge is 0.357 e. The summed E-state index contributed by atoms with van der Waals surface area (Å²) in [6, 6.07) is 9.27. The van der Waals surface area contributed by atoms with Crippen LogP contribution in [0.2, 0.25) is 0 Å². The third kappa shape index (κ3) is 3.62. The lowest BCUT2D eigenvalue weighted by Crippen LogP contribution is -2.47. The van der Waals surface area contributed by atoms with Gasteiger partial charge in [0.25, 0.3) is 6.01 Å². The molecule has 0 spiro atoms. The van der Waals surface area contributed by atoms with Crippen LogP contribution in [0.15, 0.2) is 39.4 Å². The zero-order chi connectivity index (χ0) is 17.1. The second-order valence-corrected chi connectivity index (χ2v) is 6.73. The Labute approximate surface area is 149 Å². The fourth-order valence-corrected chi connectivity index (χ4v) is 3.39. The van der Waals surface area contributed by atoms with E-state index in [0.29, 0.717) is 12.1 Å². The Morgan fingerprint density at radius 3 is 2.50 bits per heavy atom. The number of halogens is 1. The molecule has 0 saturated carbocycles. The molecule has 24 heavy (non-hydrogen) atoms. The highest BCUT2D eigenvalue weighted by Gasteiger charge is 2.26. The monoisotopic (exact) mass is 393 g/mol. The molecule has 1 aromatic carbocycles. The SMILES string of the molecule is CCC(c1ccc(Br)cc1)N1CCN(c2nc(C(=O)O)co2)CC1. The van der Waals surface area contributed by atoms with Crippen molar-refractivity contribution in [2.24, 2.45) is 0 Å². The molecule has 2 heterocycles. The van der Waals surface area contributed by atoms with Gasteiger partial charge in [0.1, 0.15) is 6.26 Å². The number of nitrogens with zero attached hydrogens (tertiary/aromatic N) is 3. The number of anilines is 1. The van der Waals surface area contributed by atoms with E-state index >= 15 is 0 Å². The molecule has 6 nitrogen and oxygen atoms in total. The van der Waals surface area contributed by atoms with Crippen molar-refractivity contribution in [2.45, 2.75) is 19.4 Å². The Bertz CT molecular complexity index is 693. The molecule has 1 fully saturated rings. The van der Waals surface area contributed by atoms with Crippen molar-refractivity contribution in [1.29, 1.82) is 0 Å². The van der Waals surface area contributed by atoms with E-state index in [0.717, 1.165) is 37.1 Å². The molecule has 0 aliphatic carbocycles. The maximum absolute atomic E-state index is 10.9. The van der Waals surface area contributed by atoms with Crippen LogP contribution in [-0.4, -0.2) is 47.1 Å². The van der Waals surface area contributed by atoms with Crippen molar-refractivity contribution in [3.63, 3.8) is 0 Å². The van der Waals surface area contributed by atoms with Crippen molar-refractivity contribution in [1.82, 2.24) is 9.88 Å². The van der Waals surface area contributed by atoms with E-state index < -0.39 is 5.97 Å². The van der Waals surface area contributed by atoms with Crippen molar-refractivity contribution >= 4 is 27.9 Å². The summed E-state index contributed by atoms with van der Waals surface area (Å²) in [6.07, 6.45) is 2.24. The maximum Gasteiger partial charge on any atom is 0.357 e. The predicted octanol–water partition coefficient (Wildman–Crippen LogP) is 3.41. The molecular formula is C17H20BrN3O3. The molecule has 1 atom stereocenters. The minimum atomic E-state index is -1.06. The Balaban J connectivity index is 1.64. The summed E-state index contributed by atoms with van der Waals surface area (Å²) in [6.45, 7) is 5.52. The van der Waals surface area contributed by atoms with E-state index in [9.17, 15) is 4.79 Å². The number of aromatic nitrogens is 1. The molecule has 1 unspecified atom stereocenters. The highest BCUT2D eigenvalue weighted by Crippen LogP contribution is 2.27. The number of hydrogen-bond acceptors (Lipinski definition) is 5. The first-order valence-corrected chi connectivity index (χ1v) is 8.81. The van der Waals surface area contributed by atoms with E-state index in [4.69, 9.17) is 9.52 Å². The number of hydrogen-bond donors (Lipinski definition) is 1. The minimum Gasteiger partial charge on any atom is -0.476 e. The van der Waals surface area contributed by atoms with E-state index in [2.05, 4.69) is 57.0 Å². The molecule has 0 bridgehead atoms. The first-order chi connectivity index (χ1) is 11.6. The van der Waals surface area contributed by atoms with Gasteiger partial charge in [0, 0.05) is 36.7 Å². The number of oxazole rings is 1. The summed E-state index contributed by atoms with van der Waals surface area (Å²) in [5, 5.41) is 8.94. The largest absolute Gasteiger partial charge is 0.476 e.